The Labute approximate surface area is 285 Å². The highest BCUT2D eigenvalue weighted by molar-refractivity contribution is 5.73. The second-order valence-electron chi connectivity index (χ2n) is 12.6. The summed E-state index contributed by atoms with van der Waals surface area (Å²) in [5, 5.41) is 119. The molecule has 2 amide bonds. The maximum Gasteiger partial charge on any atom is 0.217 e. The summed E-state index contributed by atoms with van der Waals surface area (Å²) >= 11 is 0. The lowest BCUT2D eigenvalue weighted by atomic mass is 9.94. The molecule has 0 aromatic carbocycles. The molecular formula is C28H48N2O20. The first-order valence-corrected chi connectivity index (χ1v) is 15.9. The van der Waals surface area contributed by atoms with Crippen molar-refractivity contribution >= 4 is 11.8 Å². The lowest BCUT2D eigenvalue weighted by molar-refractivity contribution is -0.363. The number of rotatable bonds is 11. The molecule has 0 aromatic rings. The highest BCUT2D eigenvalue weighted by Crippen LogP contribution is 2.33. The Balaban J connectivity index is 1.58. The molecule has 50 heavy (non-hydrogen) atoms. The topological polar surface area (TPSA) is 345 Å². The Morgan fingerprint density at radius 1 is 0.560 bits per heavy atom. The van der Waals surface area contributed by atoms with Gasteiger partial charge in [-0.15, -0.1) is 0 Å². The molecule has 0 saturated carbocycles. The van der Waals surface area contributed by atoms with Crippen LogP contribution in [0.4, 0.5) is 0 Å². The van der Waals surface area contributed by atoms with E-state index in [1.54, 1.807) is 0 Å². The van der Waals surface area contributed by atoms with E-state index in [9.17, 15) is 65.8 Å². The van der Waals surface area contributed by atoms with E-state index < -0.39 is 154 Å². The Bertz CT molecular complexity index is 1120. The van der Waals surface area contributed by atoms with Gasteiger partial charge in [0, 0.05) is 13.8 Å². The number of hydrogen-bond acceptors (Lipinski definition) is 20. The third-order valence-corrected chi connectivity index (χ3v) is 8.95. The Morgan fingerprint density at radius 2 is 1.06 bits per heavy atom. The average Bonchev–Trinajstić information content (AvgIpc) is 3.06. The van der Waals surface area contributed by atoms with Crippen LogP contribution >= 0.6 is 0 Å². The van der Waals surface area contributed by atoms with Gasteiger partial charge in [-0.2, -0.15) is 0 Å². The van der Waals surface area contributed by atoms with Crippen LogP contribution in [0.3, 0.4) is 0 Å². The van der Waals surface area contributed by atoms with Gasteiger partial charge in [0.1, 0.15) is 91.4 Å². The van der Waals surface area contributed by atoms with Crippen molar-refractivity contribution in [1.82, 2.24) is 10.6 Å². The summed E-state index contributed by atoms with van der Waals surface area (Å²) in [6, 6.07) is -3.09. The van der Waals surface area contributed by atoms with E-state index in [4.69, 9.17) is 33.2 Å². The number of aliphatic hydroxyl groups excluding tert-OH is 11. The van der Waals surface area contributed by atoms with E-state index in [-0.39, 0.29) is 0 Å². The highest BCUT2D eigenvalue weighted by Gasteiger charge is 2.54. The number of carbonyl (C=O) groups is 2. The largest absolute Gasteiger partial charge is 0.394 e. The summed E-state index contributed by atoms with van der Waals surface area (Å²) in [6.07, 6.45) is -29.6. The zero-order chi connectivity index (χ0) is 37.2. The van der Waals surface area contributed by atoms with Gasteiger partial charge >= 0.3 is 0 Å². The van der Waals surface area contributed by atoms with Crippen molar-refractivity contribution in [3.63, 3.8) is 0 Å². The molecule has 22 nitrogen and oxygen atoms in total. The molecule has 20 atom stereocenters. The predicted octanol–water partition coefficient (Wildman–Crippen LogP) is -8.43. The van der Waals surface area contributed by atoms with E-state index in [2.05, 4.69) is 10.6 Å². The first-order chi connectivity index (χ1) is 23.5. The van der Waals surface area contributed by atoms with Gasteiger partial charge in [0.2, 0.25) is 11.8 Å². The van der Waals surface area contributed by atoms with Gasteiger partial charge in [0.05, 0.1) is 25.9 Å². The van der Waals surface area contributed by atoms with Gasteiger partial charge in [0.15, 0.2) is 25.2 Å². The third kappa shape index (κ3) is 8.87. The van der Waals surface area contributed by atoms with E-state index in [1.807, 2.05) is 0 Å². The molecular weight excluding hydrogens is 684 g/mol. The number of hydrogen-bond donors (Lipinski definition) is 13. The van der Waals surface area contributed by atoms with Crippen LogP contribution in [-0.4, -0.2) is 211 Å². The molecule has 4 fully saturated rings. The van der Waals surface area contributed by atoms with Crippen molar-refractivity contribution in [3.8, 4) is 0 Å². The third-order valence-electron chi connectivity index (χ3n) is 8.95. The van der Waals surface area contributed by atoms with Crippen LogP contribution < -0.4 is 10.6 Å². The normalized spacial score (nSPS) is 48.5. The summed E-state index contributed by atoms with van der Waals surface area (Å²) in [6.45, 7) is 1.27. The molecule has 0 aromatic heterocycles. The van der Waals surface area contributed by atoms with Crippen molar-refractivity contribution in [2.45, 2.75) is 143 Å². The molecule has 290 valence electrons. The van der Waals surface area contributed by atoms with Crippen LogP contribution in [0.1, 0.15) is 20.8 Å². The van der Waals surface area contributed by atoms with Gasteiger partial charge in [-0.3, -0.25) is 9.59 Å². The molecule has 0 spiro atoms. The number of nitrogens with one attached hydrogen (secondary N) is 2. The fraction of sp³-hybridized carbons (Fsp3) is 0.929. The maximum absolute atomic E-state index is 12.3. The summed E-state index contributed by atoms with van der Waals surface area (Å²) in [5.41, 5.74) is 0. The maximum atomic E-state index is 12.3. The molecule has 13 N–H and O–H groups in total. The van der Waals surface area contributed by atoms with Crippen LogP contribution in [-0.2, 0) is 42.7 Å². The van der Waals surface area contributed by atoms with Gasteiger partial charge in [0.25, 0.3) is 0 Å². The Kier molecular flexibility index (Phi) is 14.2. The molecule has 4 rings (SSSR count). The molecule has 0 aliphatic carbocycles. The Morgan fingerprint density at radius 3 is 1.66 bits per heavy atom. The van der Waals surface area contributed by atoms with Crippen molar-refractivity contribution in [3.05, 3.63) is 0 Å². The van der Waals surface area contributed by atoms with Gasteiger partial charge in [-0.1, -0.05) is 0 Å². The monoisotopic (exact) mass is 732 g/mol. The van der Waals surface area contributed by atoms with Crippen molar-refractivity contribution in [1.29, 1.82) is 0 Å². The Hall–Kier alpha value is -1.78. The summed E-state index contributed by atoms with van der Waals surface area (Å²) in [4.78, 5) is 24.1. The average molecular weight is 733 g/mol. The predicted molar refractivity (Wildman–Crippen MR) is 156 cm³/mol. The molecule has 4 aliphatic rings. The summed E-state index contributed by atoms with van der Waals surface area (Å²) in [5.74, 6) is -1.41. The van der Waals surface area contributed by atoms with E-state index in [0.717, 1.165) is 13.8 Å². The molecule has 0 radical (unpaired) electrons. The van der Waals surface area contributed by atoms with Gasteiger partial charge in [-0.05, 0) is 6.92 Å². The highest BCUT2D eigenvalue weighted by atomic mass is 16.8. The van der Waals surface area contributed by atoms with Crippen LogP contribution in [0.25, 0.3) is 0 Å². The first-order valence-electron chi connectivity index (χ1n) is 15.9. The molecule has 4 saturated heterocycles. The van der Waals surface area contributed by atoms with E-state index in [1.165, 1.54) is 6.92 Å². The van der Waals surface area contributed by atoms with Crippen molar-refractivity contribution in [2.75, 3.05) is 19.8 Å². The molecule has 22 heteroatoms. The molecule has 0 bridgehead atoms. The standard InChI is InChI=1S/C28H48N2O20/c1-7-15(35)19(39)21(41)27(45-7)44-6-12-24(17(37)13(25(43)46-12)29-8(2)33)49-26-14(30-9(3)34)18(38)23(11(5-32)48-26)50-28-22(42)20(40)16(36)10(4-31)47-28/h7,10-28,31-32,35-43H,4-6H2,1-3H3,(H,29,33)(H,30,34)/t7-,10+,11+,12+,13+,14+,15+,16+,17+,18+,19+,20-,21-,22-,23+,24+,25-,26-,27-,28-/m0/s1. The van der Waals surface area contributed by atoms with Crippen molar-refractivity contribution in [2.24, 2.45) is 0 Å². The molecule has 4 heterocycles. The minimum atomic E-state index is -1.90. The van der Waals surface area contributed by atoms with E-state index >= 15 is 0 Å². The quantitative estimate of drug-likeness (QED) is 0.0938. The van der Waals surface area contributed by atoms with Crippen molar-refractivity contribution < 1.29 is 98.9 Å². The fourth-order valence-corrected chi connectivity index (χ4v) is 6.20. The lowest BCUT2D eigenvalue weighted by Crippen LogP contribution is -2.70. The van der Waals surface area contributed by atoms with Crippen LogP contribution in [0.2, 0.25) is 0 Å². The summed E-state index contributed by atoms with van der Waals surface area (Å²) < 4.78 is 39.5. The van der Waals surface area contributed by atoms with Gasteiger partial charge < -0.3 is 100.0 Å². The minimum absolute atomic E-state index is 0.630. The number of amides is 2. The number of carbonyl (C=O) groups excluding carboxylic acids is 2. The fourth-order valence-electron chi connectivity index (χ4n) is 6.20. The zero-order valence-corrected chi connectivity index (χ0v) is 27.3. The second kappa shape index (κ2) is 17.4. The number of ether oxygens (including phenoxy) is 7. The van der Waals surface area contributed by atoms with E-state index in [0.29, 0.717) is 0 Å². The zero-order valence-electron chi connectivity index (χ0n) is 27.3. The SMILES string of the molecule is CC(=O)N[C@@H]1[C@@H](O)[C@H](O[C@@H]2O[C@H](CO)[C@@H](O[C@@H]3O[C@H](CO)[C@@H](O)[C@H](O)[C@@H]3O)[C@H](O)[C@H]2NC(C)=O)[C@@H](CO[C@H]2O[C@@H](C)[C@@H](O)[C@@H](O)[C@@H]2O)O[C@@H]1O. The van der Waals surface area contributed by atoms with Crippen LogP contribution in [0.15, 0.2) is 0 Å². The number of aliphatic hydroxyl groups is 11. The van der Waals surface area contributed by atoms with Crippen LogP contribution in [0.5, 0.6) is 0 Å². The first kappa shape index (κ1) is 41.0. The molecule has 4 aliphatic heterocycles. The smallest absolute Gasteiger partial charge is 0.217 e. The molecule has 0 unspecified atom stereocenters. The van der Waals surface area contributed by atoms with Gasteiger partial charge in [-0.25, -0.2) is 0 Å². The minimum Gasteiger partial charge on any atom is -0.394 e. The lowest BCUT2D eigenvalue weighted by Gasteiger charge is -2.49. The summed E-state index contributed by atoms with van der Waals surface area (Å²) in [7, 11) is 0. The van der Waals surface area contributed by atoms with Crippen LogP contribution in [0, 0.1) is 0 Å². The second-order valence-corrected chi connectivity index (χ2v) is 12.6.